The summed E-state index contributed by atoms with van der Waals surface area (Å²) in [7, 11) is -11.3. The Bertz CT molecular complexity index is 4080. The fraction of sp³-hybridized carbons (Fsp3) is 0.148. The molecule has 0 saturated heterocycles. The second kappa shape index (κ2) is 19.8. The van der Waals surface area contributed by atoms with E-state index in [-0.39, 0.29) is 66.6 Å². The highest BCUT2D eigenvalue weighted by Crippen LogP contribution is 2.43. The third-order valence-electron chi connectivity index (χ3n) is 13.2. The van der Waals surface area contributed by atoms with E-state index >= 15 is 0 Å². The van der Waals surface area contributed by atoms with Gasteiger partial charge in [0.2, 0.25) is 0 Å². The van der Waals surface area contributed by atoms with Gasteiger partial charge in [-0.1, -0.05) is 17.7 Å². The molecule has 0 saturated carbocycles. The molecular formula is C54H47N3O16S4. The van der Waals surface area contributed by atoms with Crippen molar-refractivity contribution >= 4 is 81.9 Å². The van der Waals surface area contributed by atoms with Gasteiger partial charge in [-0.25, -0.2) is 4.79 Å². The quantitative estimate of drug-likeness (QED) is 0.0414. The van der Waals surface area contributed by atoms with E-state index in [9.17, 15) is 69.2 Å². The number of carbonyl (C=O) groups is 1. The van der Waals surface area contributed by atoms with Crippen LogP contribution in [0.4, 0.5) is 17.1 Å². The van der Waals surface area contributed by atoms with Crippen LogP contribution in [0.5, 0.6) is 34.5 Å². The molecule has 23 heteroatoms. The summed E-state index contributed by atoms with van der Waals surface area (Å²) in [6.45, 7) is 3.94. The average molecular weight is 1120 g/mol. The fourth-order valence-corrected chi connectivity index (χ4v) is 11.4. The van der Waals surface area contributed by atoms with Gasteiger partial charge in [-0.2, -0.15) is 25.3 Å². The number of carboxylic acids is 1. The molecule has 9 rings (SSSR count). The van der Waals surface area contributed by atoms with Crippen LogP contribution >= 0.6 is 12.2 Å². The van der Waals surface area contributed by atoms with Gasteiger partial charge in [0.1, 0.15) is 34.5 Å². The lowest BCUT2D eigenvalue weighted by molar-refractivity contribution is 0.0696. The summed E-state index contributed by atoms with van der Waals surface area (Å²) < 4.78 is 113. The van der Waals surface area contributed by atoms with E-state index in [1.165, 1.54) is 18.2 Å². The lowest BCUT2D eigenvalue weighted by Gasteiger charge is -2.24. The molecule has 7 aromatic carbocycles. The van der Waals surface area contributed by atoms with E-state index in [0.29, 0.717) is 33.4 Å². The van der Waals surface area contributed by atoms with Crippen LogP contribution in [0.1, 0.15) is 79.8 Å². The first kappa shape index (κ1) is 53.8. The number of rotatable bonds is 8. The molecule has 8 bridgehead atoms. The van der Waals surface area contributed by atoms with Crippen LogP contribution in [-0.2, 0) is 56.0 Å². The molecule has 398 valence electrons. The highest BCUT2D eigenvalue weighted by molar-refractivity contribution is 7.86. The minimum Gasteiger partial charge on any atom is -0.507 e. The number of thiocarbonyl (C=S) groups is 1. The number of nitrogens with zero attached hydrogens (tertiary/aromatic N) is 1. The molecule has 0 fully saturated rings. The maximum atomic E-state index is 13.2. The average Bonchev–Trinajstić information content (AvgIpc) is 3.36. The first-order valence-corrected chi connectivity index (χ1v) is 27.9. The van der Waals surface area contributed by atoms with E-state index < -0.39 is 99.7 Å². The molecule has 7 aromatic rings. The van der Waals surface area contributed by atoms with Crippen molar-refractivity contribution in [2.75, 3.05) is 29.6 Å². The van der Waals surface area contributed by atoms with Crippen molar-refractivity contribution in [3.05, 3.63) is 175 Å². The maximum absolute atomic E-state index is 13.2. The van der Waals surface area contributed by atoms with E-state index in [0.717, 1.165) is 52.9 Å². The Balaban J connectivity index is 1.15. The SMILES string of the molecule is CC(C)=c1ccc2c(c1)Oc1cc(N(C)C)ccc1C=2c1ccc(NC(=S)Nc2cc3c(O)c(c2)Cc2cc(S(=O)(=O)O)cc(c2O)Cc2cc(S(=O)(=O)O)cc(c2O)Cc2cc(S(=O)(=O)O)cc(c2O)C3)cc1C(=O)O. The van der Waals surface area contributed by atoms with Crippen LogP contribution in [0.2, 0.25) is 0 Å². The summed E-state index contributed by atoms with van der Waals surface area (Å²) in [6.07, 6.45) is -2.34. The predicted octanol–water partition coefficient (Wildman–Crippen LogP) is 7.04. The normalized spacial score (nSPS) is 13.2. The van der Waals surface area contributed by atoms with Crippen molar-refractivity contribution < 1.29 is 74.0 Å². The van der Waals surface area contributed by atoms with Crippen LogP contribution in [0.3, 0.4) is 0 Å². The summed E-state index contributed by atoms with van der Waals surface area (Å²) in [5.41, 5.74) is 1.99. The lowest BCUT2D eigenvalue weighted by atomic mass is 9.89. The summed E-state index contributed by atoms with van der Waals surface area (Å²) >= 11 is 5.74. The number of phenolic OH excluding ortho intramolecular Hbond substituents is 4. The van der Waals surface area contributed by atoms with E-state index in [2.05, 4.69) is 10.6 Å². The van der Waals surface area contributed by atoms with Crippen LogP contribution in [-0.4, -0.2) is 89.6 Å². The summed E-state index contributed by atoms with van der Waals surface area (Å²) in [4.78, 5) is 12.8. The smallest absolute Gasteiger partial charge is 0.336 e. The molecule has 0 amide bonds. The van der Waals surface area contributed by atoms with Crippen LogP contribution < -0.4 is 30.7 Å². The Morgan fingerprint density at radius 1 is 0.532 bits per heavy atom. The highest BCUT2D eigenvalue weighted by Gasteiger charge is 2.28. The summed E-state index contributed by atoms with van der Waals surface area (Å²) in [5.74, 6) is -2.61. The Morgan fingerprint density at radius 3 is 1.35 bits per heavy atom. The number of anilines is 3. The number of phenols is 4. The molecule has 1 heterocycles. The van der Waals surface area contributed by atoms with Gasteiger partial charge in [-0.05, 0) is 122 Å². The Hall–Kier alpha value is -8.03. The molecule has 0 unspecified atom stereocenters. The topological polar surface area (TPSA) is 318 Å². The second-order valence-corrected chi connectivity index (χ2v) is 23.6. The largest absolute Gasteiger partial charge is 0.507 e. The molecular weight excluding hydrogens is 1070 g/mol. The Kier molecular flexibility index (Phi) is 13.9. The predicted molar refractivity (Wildman–Crippen MR) is 289 cm³/mol. The molecule has 0 radical (unpaired) electrons. The van der Waals surface area contributed by atoms with E-state index in [4.69, 9.17) is 17.0 Å². The monoisotopic (exact) mass is 1120 g/mol. The molecule has 2 aliphatic rings. The Morgan fingerprint density at radius 2 is 0.948 bits per heavy atom. The molecule has 0 spiro atoms. The number of hydrogen-bond donors (Lipinski definition) is 10. The fourth-order valence-electron chi connectivity index (χ4n) is 9.43. The number of benzene rings is 7. The minimum atomic E-state index is -5.04. The number of carboxylic acid groups (broad SMARTS) is 1. The third kappa shape index (κ3) is 10.9. The van der Waals surface area contributed by atoms with Gasteiger partial charge >= 0.3 is 5.97 Å². The van der Waals surface area contributed by atoms with Crippen molar-refractivity contribution in [3.8, 4) is 34.5 Å². The Labute approximate surface area is 446 Å². The highest BCUT2D eigenvalue weighted by atomic mass is 32.2. The number of nitrogens with one attached hydrogen (secondary N) is 2. The van der Waals surface area contributed by atoms with Crippen LogP contribution in [0, 0.1) is 0 Å². The van der Waals surface area contributed by atoms with Crippen molar-refractivity contribution in [2.24, 2.45) is 0 Å². The standard InChI is InChI=1S/C54H47N3O16S4/c1-26(2)27-5-8-43-46(23-27)73-47-25-38(57(3)4)7-10-44(47)48(43)42-9-6-36(24-45(42)53(62)63)55-54(74)56-37-15-28-11-30-17-39(75(64,65)66)19-32(50(30)59)13-34-21-41(77(70,71)72)22-35(52(34)61)14-33-20-40(76(67,68)69)18-31(51(33)60)12-29(16-37)49(28)58/h5-10,15-25,58-61H,11-14H2,1-4H3,(H,62,63)(H2,55,56,74)(H,64,65,66)(H,67,68,69)(H,70,71,72). The third-order valence-corrected chi connectivity index (χ3v) is 15.9. The zero-order chi connectivity index (χ0) is 55.8. The first-order valence-electron chi connectivity index (χ1n) is 23.1. The van der Waals surface area contributed by atoms with Crippen LogP contribution in [0.25, 0.3) is 11.1 Å². The van der Waals surface area contributed by atoms with Gasteiger partial charge in [-0.15, -0.1) is 0 Å². The molecule has 77 heavy (non-hydrogen) atoms. The number of aromatic hydroxyl groups is 4. The number of hydrogen-bond acceptors (Lipinski definition) is 14. The van der Waals surface area contributed by atoms with Gasteiger partial charge in [0.05, 0.1) is 20.2 Å². The molecule has 0 aromatic heterocycles. The van der Waals surface area contributed by atoms with Crippen LogP contribution in [0.15, 0.2) is 118 Å². The summed E-state index contributed by atoms with van der Waals surface area (Å²) in [5, 5.41) is 65.2. The van der Waals surface area contributed by atoms with Gasteiger partial charge in [-0.3, -0.25) is 13.7 Å². The number of aromatic carboxylic acids is 1. The maximum Gasteiger partial charge on any atom is 0.336 e. The minimum absolute atomic E-state index is 0.0545. The van der Waals surface area contributed by atoms with Crippen molar-refractivity contribution in [1.29, 1.82) is 0 Å². The first-order chi connectivity index (χ1) is 36.0. The zero-order valence-corrected chi connectivity index (χ0v) is 44.3. The van der Waals surface area contributed by atoms with Crippen molar-refractivity contribution in [1.82, 2.24) is 0 Å². The summed E-state index contributed by atoms with van der Waals surface area (Å²) in [6, 6.07) is 24.0. The van der Waals surface area contributed by atoms with Crippen molar-refractivity contribution in [3.63, 3.8) is 0 Å². The zero-order valence-electron chi connectivity index (χ0n) is 41.1. The van der Waals surface area contributed by atoms with Gasteiger partial charge < -0.3 is 45.8 Å². The van der Waals surface area contributed by atoms with Gasteiger partial charge in [0, 0.05) is 124 Å². The molecule has 0 atom stereocenters. The van der Waals surface area contributed by atoms with E-state index in [1.54, 1.807) is 12.1 Å². The molecule has 1 aliphatic carbocycles. The van der Waals surface area contributed by atoms with Gasteiger partial charge in [0.25, 0.3) is 30.4 Å². The second-order valence-electron chi connectivity index (χ2n) is 19.0. The number of fused-ring (bicyclic) bond motifs is 10. The molecule has 19 nitrogen and oxygen atoms in total. The molecule has 10 N–H and O–H groups in total. The van der Waals surface area contributed by atoms with Crippen molar-refractivity contribution in [2.45, 2.75) is 54.2 Å². The van der Waals surface area contributed by atoms with Gasteiger partial charge in [0.15, 0.2) is 5.11 Å². The lowest BCUT2D eigenvalue weighted by Crippen LogP contribution is -2.22. The number of ether oxygens (including phenoxy) is 1. The van der Waals surface area contributed by atoms with E-state index in [1.807, 2.05) is 69.2 Å². The molecule has 1 aliphatic heterocycles.